The smallest absolute Gasteiger partial charge is 0.321 e. The summed E-state index contributed by atoms with van der Waals surface area (Å²) in [6, 6.07) is 0.212. The molecule has 0 spiro atoms. The molecule has 0 unspecified atom stereocenters. The van der Waals surface area contributed by atoms with Crippen LogP contribution in [0, 0.1) is 13.8 Å². The maximum atomic E-state index is 5.83. The van der Waals surface area contributed by atoms with Crippen molar-refractivity contribution in [3.8, 4) is 6.01 Å². The highest BCUT2D eigenvalue weighted by Gasteiger charge is 2.12. The number of hydrogen-bond donors (Lipinski definition) is 0. The summed E-state index contributed by atoms with van der Waals surface area (Å²) in [5.74, 6) is 0.769. The lowest BCUT2D eigenvalue weighted by atomic mass is 10.4. The summed E-state index contributed by atoms with van der Waals surface area (Å²) in [5, 5.41) is 0.953. The fourth-order valence-corrected chi connectivity index (χ4v) is 2.15. The van der Waals surface area contributed by atoms with Crippen molar-refractivity contribution in [1.29, 1.82) is 0 Å². The lowest BCUT2D eigenvalue weighted by molar-refractivity contribution is 0.288. The number of oxazole rings is 1. The highest BCUT2D eigenvalue weighted by molar-refractivity contribution is 7.98. The van der Waals surface area contributed by atoms with Crippen LogP contribution >= 0.6 is 23.4 Å². The molecule has 6 nitrogen and oxygen atoms in total. The lowest BCUT2D eigenvalue weighted by Crippen LogP contribution is -2.02. The Labute approximate surface area is 120 Å². The van der Waals surface area contributed by atoms with Crippen LogP contribution in [0.25, 0.3) is 0 Å². The van der Waals surface area contributed by atoms with Gasteiger partial charge in [0.1, 0.15) is 5.76 Å². The van der Waals surface area contributed by atoms with Crippen molar-refractivity contribution >= 4 is 23.4 Å². The zero-order valence-corrected chi connectivity index (χ0v) is 12.4. The van der Waals surface area contributed by atoms with Gasteiger partial charge < -0.3 is 9.15 Å². The number of aromatic nitrogens is 4. The van der Waals surface area contributed by atoms with E-state index in [0.29, 0.717) is 17.0 Å². The van der Waals surface area contributed by atoms with Gasteiger partial charge in [-0.2, -0.15) is 15.0 Å². The molecule has 0 radical (unpaired) electrons. The number of aryl methyl sites for hydroxylation is 2. The van der Waals surface area contributed by atoms with Gasteiger partial charge >= 0.3 is 6.01 Å². The van der Waals surface area contributed by atoms with E-state index in [1.807, 2.05) is 20.8 Å². The normalized spacial score (nSPS) is 10.7. The Bertz CT molecular complexity index is 556. The van der Waals surface area contributed by atoms with E-state index in [0.717, 1.165) is 17.9 Å². The van der Waals surface area contributed by atoms with Crippen LogP contribution in [0.3, 0.4) is 0 Å². The van der Waals surface area contributed by atoms with Crippen molar-refractivity contribution in [1.82, 2.24) is 19.9 Å². The van der Waals surface area contributed by atoms with Gasteiger partial charge in [0.15, 0.2) is 0 Å². The average Bonchev–Trinajstić information content (AvgIpc) is 2.65. The van der Waals surface area contributed by atoms with Gasteiger partial charge in [0.25, 0.3) is 5.22 Å². The van der Waals surface area contributed by atoms with E-state index in [2.05, 4.69) is 19.9 Å². The van der Waals surface area contributed by atoms with Gasteiger partial charge in [0.05, 0.1) is 12.3 Å². The first kappa shape index (κ1) is 14.1. The first-order valence-corrected chi connectivity index (χ1v) is 6.94. The summed E-state index contributed by atoms with van der Waals surface area (Å²) in [5.41, 5.74) is 0.838. The fourth-order valence-electron chi connectivity index (χ4n) is 1.18. The third-order valence-corrected chi connectivity index (χ3v) is 3.07. The van der Waals surface area contributed by atoms with Crippen molar-refractivity contribution in [2.45, 2.75) is 37.6 Å². The number of nitrogens with zero attached hydrogens (tertiary/aromatic N) is 4. The molecule has 0 N–H and O–H groups in total. The zero-order chi connectivity index (χ0) is 13.8. The van der Waals surface area contributed by atoms with E-state index < -0.39 is 0 Å². The molecule has 0 aromatic carbocycles. The molecule has 0 bridgehead atoms. The Morgan fingerprint density at radius 3 is 2.63 bits per heavy atom. The van der Waals surface area contributed by atoms with Crippen LogP contribution < -0.4 is 4.74 Å². The number of rotatable bonds is 5. The van der Waals surface area contributed by atoms with Gasteiger partial charge in [-0.05, 0) is 31.9 Å². The fraction of sp³-hybridized carbons (Fsp3) is 0.455. The molecule has 0 fully saturated rings. The molecular formula is C11H13ClN4O2S. The van der Waals surface area contributed by atoms with Gasteiger partial charge in [-0.3, -0.25) is 0 Å². The summed E-state index contributed by atoms with van der Waals surface area (Å²) in [6.45, 7) is 6.25. The summed E-state index contributed by atoms with van der Waals surface area (Å²) in [4.78, 5) is 16.3. The van der Waals surface area contributed by atoms with Crippen LogP contribution in [0.2, 0.25) is 5.28 Å². The number of ether oxygens (including phenoxy) is 1. The molecule has 2 aromatic rings. The van der Waals surface area contributed by atoms with Crippen molar-refractivity contribution in [3.05, 3.63) is 16.7 Å². The van der Waals surface area contributed by atoms with E-state index in [4.69, 9.17) is 20.8 Å². The molecular weight excluding hydrogens is 288 g/mol. The lowest BCUT2D eigenvalue weighted by Gasteiger charge is -2.03. The largest absolute Gasteiger partial charge is 0.463 e. The minimum atomic E-state index is 0.0867. The van der Waals surface area contributed by atoms with Gasteiger partial charge in [-0.1, -0.05) is 6.92 Å². The summed E-state index contributed by atoms with van der Waals surface area (Å²) in [6.07, 6.45) is 0.865. The maximum Gasteiger partial charge on any atom is 0.321 e. The molecule has 0 aliphatic rings. The molecule has 2 rings (SSSR count). The van der Waals surface area contributed by atoms with Gasteiger partial charge in [0, 0.05) is 11.8 Å². The van der Waals surface area contributed by atoms with Gasteiger partial charge in [0.2, 0.25) is 10.4 Å². The third kappa shape index (κ3) is 3.81. The molecule has 0 saturated heterocycles. The van der Waals surface area contributed by atoms with Crippen LogP contribution in [0.4, 0.5) is 0 Å². The zero-order valence-electron chi connectivity index (χ0n) is 10.8. The molecule has 19 heavy (non-hydrogen) atoms. The molecule has 0 amide bonds. The predicted octanol–water partition coefficient (Wildman–Crippen LogP) is 3.07. The predicted molar refractivity (Wildman–Crippen MR) is 70.7 cm³/mol. The molecule has 102 valence electrons. The summed E-state index contributed by atoms with van der Waals surface area (Å²) < 4.78 is 10.8. The average molecular weight is 301 g/mol. The van der Waals surface area contributed by atoms with Crippen molar-refractivity contribution in [2.75, 3.05) is 6.61 Å². The van der Waals surface area contributed by atoms with Crippen LogP contribution in [0.5, 0.6) is 6.01 Å². The minimum absolute atomic E-state index is 0.0867. The maximum absolute atomic E-state index is 5.83. The van der Waals surface area contributed by atoms with E-state index in [-0.39, 0.29) is 11.3 Å². The highest BCUT2D eigenvalue weighted by Crippen LogP contribution is 2.27. The number of halogens is 1. The van der Waals surface area contributed by atoms with Crippen LogP contribution in [-0.4, -0.2) is 26.5 Å². The van der Waals surface area contributed by atoms with Crippen LogP contribution in [-0.2, 0) is 0 Å². The van der Waals surface area contributed by atoms with Gasteiger partial charge in [-0.15, -0.1) is 0 Å². The number of hydrogen-bond acceptors (Lipinski definition) is 7. The molecule has 8 heteroatoms. The quantitative estimate of drug-likeness (QED) is 0.840. The second-order valence-corrected chi connectivity index (χ2v) is 5.00. The van der Waals surface area contributed by atoms with E-state index >= 15 is 0 Å². The first-order chi connectivity index (χ1) is 9.08. The minimum Gasteiger partial charge on any atom is -0.463 e. The standard InChI is InChI=1S/C11H13ClN4O2S/c1-4-5-17-9-14-8(12)15-10(16-9)19-11-13-6(2)7(3)18-11/h4-5H2,1-3H3. The molecule has 0 atom stereocenters. The summed E-state index contributed by atoms with van der Waals surface area (Å²) >= 11 is 7.00. The molecule has 0 aliphatic carbocycles. The van der Waals surface area contributed by atoms with Crippen LogP contribution in [0.15, 0.2) is 14.8 Å². The Kier molecular flexibility index (Phi) is 4.60. The topological polar surface area (TPSA) is 73.9 Å². The van der Waals surface area contributed by atoms with Crippen molar-refractivity contribution < 1.29 is 9.15 Å². The Morgan fingerprint density at radius 2 is 2.00 bits per heavy atom. The highest BCUT2D eigenvalue weighted by atomic mass is 35.5. The van der Waals surface area contributed by atoms with Crippen molar-refractivity contribution in [2.24, 2.45) is 0 Å². The molecule has 2 heterocycles. The van der Waals surface area contributed by atoms with Gasteiger partial charge in [-0.25, -0.2) is 4.98 Å². The van der Waals surface area contributed by atoms with E-state index in [9.17, 15) is 0 Å². The Morgan fingerprint density at radius 1 is 1.21 bits per heavy atom. The third-order valence-electron chi connectivity index (χ3n) is 2.19. The molecule has 2 aromatic heterocycles. The second kappa shape index (κ2) is 6.21. The Balaban J connectivity index is 2.17. The monoisotopic (exact) mass is 300 g/mol. The van der Waals surface area contributed by atoms with E-state index in [1.54, 1.807) is 0 Å². The second-order valence-electron chi connectivity index (χ2n) is 3.74. The Hall–Kier alpha value is -1.34. The molecule has 0 saturated carbocycles. The first-order valence-electron chi connectivity index (χ1n) is 5.74. The van der Waals surface area contributed by atoms with E-state index in [1.165, 1.54) is 11.8 Å². The van der Waals surface area contributed by atoms with Crippen molar-refractivity contribution in [3.63, 3.8) is 0 Å². The SMILES string of the molecule is CCCOc1nc(Cl)nc(Sc2nc(C)c(C)o2)n1. The molecule has 0 aliphatic heterocycles. The summed E-state index contributed by atoms with van der Waals surface area (Å²) in [7, 11) is 0. The van der Waals surface area contributed by atoms with Crippen LogP contribution in [0.1, 0.15) is 24.8 Å².